The van der Waals surface area contributed by atoms with Gasteiger partial charge in [-0.2, -0.15) is 10.5 Å². The summed E-state index contributed by atoms with van der Waals surface area (Å²) in [5, 5.41) is 25.9. The van der Waals surface area contributed by atoms with E-state index in [4.69, 9.17) is 23.2 Å². The average Bonchev–Trinajstić information content (AvgIpc) is 3.00. The average molecular weight is 515 g/mol. The summed E-state index contributed by atoms with van der Waals surface area (Å²) in [6, 6.07) is 4.06. The molecule has 4 heterocycles. The maximum absolute atomic E-state index is 13.6. The first kappa shape index (κ1) is 26.4. The predicted octanol–water partition coefficient (Wildman–Crippen LogP) is 3.15. The first-order valence-electron chi connectivity index (χ1n) is 11.6. The Balaban J connectivity index is 0.00000167. The zero-order chi connectivity index (χ0) is 25.4. The molecule has 1 saturated heterocycles. The number of fused-ring (bicyclic) bond motifs is 1. The Labute approximate surface area is 214 Å². The lowest BCUT2D eigenvalue weighted by atomic mass is 10.1. The number of hydrogen-bond acceptors (Lipinski definition) is 7. The van der Waals surface area contributed by atoms with E-state index in [1.807, 2.05) is 13.8 Å². The van der Waals surface area contributed by atoms with E-state index in [0.29, 0.717) is 34.5 Å². The van der Waals surface area contributed by atoms with Crippen molar-refractivity contribution >= 4 is 40.1 Å². The molecule has 1 fully saturated rings. The van der Waals surface area contributed by atoms with E-state index in [0.717, 1.165) is 26.1 Å². The van der Waals surface area contributed by atoms with Gasteiger partial charge in [0.05, 0.1) is 30.6 Å². The minimum absolute atomic E-state index is 0.0741. The molecule has 35 heavy (non-hydrogen) atoms. The third-order valence-electron chi connectivity index (χ3n) is 5.73. The molecule has 2 N–H and O–H groups in total. The third-order valence-corrected chi connectivity index (χ3v) is 6.04. The number of rotatable bonds is 5. The van der Waals surface area contributed by atoms with Crippen LogP contribution in [0.5, 0.6) is 0 Å². The number of allylic oxidation sites excluding steroid dienone is 3. The highest BCUT2D eigenvalue weighted by Gasteiger charge is 2.27. The number of dihydropyridines is 1. The van der Waals surface area contributed by atoms with E-state index >= 15 is 0 Å². The molecule has 2 aromatic heterocycles. The van der Waals surface area contributed by atoms with Gasteiger partial charge in [0, 0.05) is 26.2 Å². The predicted molar refractivity (Wildman–Crippen MR) is 139 cm³/mol. The summed E-state index contributed by atoms with van der Waals surface area (Å²) in [6.45, 7) is 7.50. The zero-order valence-corrected chi connectivity index (χ0v) is 21.3. The van der Waals surface area contributed by atoms with Crippen LogP contribution in [0.4, 0.5) is 5.82 Å². The molecule has 1 unspecified atom stereocenters. The second kappa shape index (κ2) is 12.5. The Morgan fingerprint density at radius 2 is 2.06 bits per heavy atom. The number of nitriles is 2. The fraction of sp³-hybridized carbons (Fsp3) is 0.417. The Morgan fingerprint density at radius 3 is 2.77 bits per heavy atom. The van der Waals surface area contributed by atoms with Crippen molar-refractivity contribution in [2.75, 3.05) is 31.1 Å². The van der Waals surface area contributed by atoms with E-state index in [9.17, 15) is 15.3 Å². The summed E-state index contributed by atoms with van der Waals surface area (Å²) in [5.74, 6) is 0.640. The molecule has 11 heteroatoms. The minimum atomic E-state index is -0.357. The van der Waals surface area contributed by atoms with E-state index in [1.54, 1.807) is 29.0 Å². The first-order valence-corrected chi connectivity index (χ1v) is 12.3. The maximum atomic E-state index is 13.6. The highest BCUT2D eigenvalue weighted by Crippen LogP contribution is 2.30. The molecule has 0 aromatic carbocycles. The summed E-state index contributed by atoms with van der Waals surface area (Å²) >= 11 is 11.8. The normalized spacial score (nSPS) is 17.3. The van der Waals surface area contributed by atoms with Crippen LogP contribution in [0, 0.1) is 22.7 Å². The van der Waals surface area contributed by atoms with Crippen molar-refractivity contribution in [2.24, 2.45) is 0 Å². The van der Waals surface area contributed by atoms with Gasteiger partial charge in [-0.05, 0) is 37.4 Å². The van der Waals surface area contributed by atoms with Crippen LogP contribution in [0.2, 0.25) is 0 Å². The smallest absolute Gasteiger partial charge is 0.278 e. The topological polar surface area (TPSA) is 115 Å². The Bertz CT molecular complexity index is 1280. The number of nitrogens with one attached hydrogen (secondary N) is 2. The van der Waals surface area contributed by atoms with Crippen molar-refractivity contribution < 1.29 is 0 Å². The Morgan fingerprint density at radius 1 is 1.26 bits per heavy atom. The van der Waals surface area contributed by atoms with Crippen molar-refractivity contribution in [1.29, 1.82) is 10.5 Å². The SMILES string of the molecule is CC.N#CC1=CC=CNC1Cn1cnc2c(C#N)c(N3CCCNCC3)n(CC=C(Cl)Cl)c2c1=O. The molecule has 4 rings (SSSR count). The lowest BCUT2D eigenvalue weighted by molar-refractivity contribution is 0.539. The molecular weight excluding hydrogens is 487 g/mol. The van der Waals surface area contributed by atoms with Crippen molar-refractivity contribution in [1.82, 2.24) is 24.8 Å². The quantitative estimate of drug-likeness (QED) is 0.629. The van der Waals surface area contributed by atoms with E-state index in [-0.39, 0.29) is 29.2 Å². The van der Waals surface area contributed by atoms with Gasteiger partial charge in [-0.1, -0.05) is 37.0 Å². The van der Waals surface area contributed by atoms with Crippen LogP contribution in [0.3, 0.4) is 0 Å². The largest absolute Gasteiger partial charge is 0.382 e. The van der Waals surface area contributed by atoms with E-state index < -0.39 is 0 Å². The zero-order valence-electron chi connectivity index (χ0n) is 19.8. The van der Waals surface area contributed by atoms with E-state index in [2.05, 4.69) is 32.7 Å². The highest BCUT2D eigenvalue weighted by molar-refractivity contribution is 6.55. The van der Waals surface area contributed by atoms with Crippen LogP contribution in [-0.4, -0.2) is 46.3 Å². The van der Waals surface area contributed by atoms with Gasteiger partial charge >= 0.3 is 0 Å². The molecular formula is C24H28Cl2N8O. The molecule has 2 aliphatic heterocycles. The lowest BCUT2D eigenvalue weighted by Crippen LogP contribution is -2.36. The molecule has 9 nitrogen and oxygen atoms in total. The monoisotopic (exact) mass is 514 g/mol. The number of anilines is 1. The van der Waals surface area contributed by atoms with Crippen LogP contribution in [0.15, 0.2) is 45.6 Å². The van der Waals surface area contributed by atoms with E-state index in [1.165, 1.54) is 10.9 Å². The number of hydrogen-bond donors (Lipinski definition) is 2. The standard InChI is InChI=1S/C22H22Cl2N8O.C2H6/c23-18(24)4-9-32-20-19(16(12-26)21(32)30-8-2-5-27-7-10-30)29-14-31(22(20)33)13-17-15(11-25)3-1-6-28-17;1-2/h1,3-4,6,14,17,27-28H,2,5,7-10,13H2;1-2H3. The molecule has 0 bridgehead atoms. The van der Waals surface area contributed by atoms with Crippen LogP contribution in [0.1, 0.15) is 25.8 Å². The van der Waals surface area contributed by atoms with Crippen LogP contribution >= 0.6 is 23.2 Å². The lowest BCUT2D eigenvalue weighted by Gasteiger charge is -2.24. The number of aromatic nitrogens is 3. The van der Waals surface area contributed by atoms with Crippen molar-refractivity contribution in [3.63, 3.8) is 0 Å². The van der Waals surface area contributed by atoms with Gasteiger partial charge in [0.25, 0.3) is 5.56 Å². The summed E-state index contributed by atoms with van der Waals surface area (Å²) < 4.78 is 3.30. The molecule has 0 amide bonds. The van der Waals surface area contributed by atoms with Crippen molar-refractivity contribution in [2.45, 2.75) is 39.4 Å². The van der Waals surface area contributed by atoms with Crippen LogP contribution in [-0.2, 0) is 13.1 Å². The van der Waals surface area contributed by atoms with Gasteiger partial charge < -0.3 is 20.1 Å². The fourth-order valence-electron chi connectivity index (χ4n) is 4.20. The molecule has 1 atom stereocenters. The third kappa shape index (κ3) is 5.71. The van der Waals surface area contributed by atoms with Crippen LogP contribution in [0.25, 0.3) is 11.0 Å². The highest BCUT2D eigenvalue weighted by atomic mass is 35.5. The summed E-state index contributed by atoms with van der Waals surface area (Å²) in [5.41, 5.74) is 1.22. The Hall–Kier alpha value is -3.24. The summed E-state index contributed by atoms with van der Waals surface area (Å²) in [6.07, 6.45) is 9.12. The second-order valence-corrected chi connectivity index (χ2v) is 8.72. The number of nitrogens with zero attached hydrogens (tertiary/aromatic N) is 6. The van der Waals surface area contributed by atoms with Gasteiger partial charge in [0.15, 0.2) is 0 Å². The van der Waals surface area contributed by atoms with Crippen molar-refractivity contribution in [3.8, 4) is 12.1 Å². The van der Waals surface area contributed by atoms with Gasteiger partial charge in [-0.15, -0.1) is 0 Å². The molecule has 0 radical (unpaired) electrons. The molecule has 184 valence electrons. The second-order valence-electron chi connectivity index (χ2n) is 7.72. The molecule has 2 aromatic rings. The molecule has 0 saturated carbocycles. The van der Waals surface area contributed by atoms with Crippen molar-refractivity contribution in [3.05, 3.63) is 56.7 Å². The first-order chi connectivity index (χ1) is 17.0. The summed E-state index contributed by atoms with van der Waals surface area (Å²) in [4.78, 5) is 20.2. The van der Waals surface area contributed by atoms with Gasteiger partial charge in [-0.3, -0.25) is 9.36 Å². The fourth-order valence-corrected chi connectivity index (χ4v) is 4.34. The minimum Gasteiger partial charge on any atom is -0.382 e. The van der Waals surface area contributed by atoms with Gasteiger partial charge in [0.1, 0.15) is 33.0 Å². The van der Waals surface area contributed by atoms with Gasteiger partial charge in [-0.25, -0.2) is 4.98 Å². The molecule has 0 aliphatic carbocycles. The Kier molecular flexibility index (Phi) is 9.39. The van der Waals surface area contributed by atoms with Gasteiger partial charge in [0.2, 0.25) is 0 Å². The number of halogens is 2. The molecule has 0 spiro atoms. The molecule has 2 aliphatic rings. The van der Waals surface area contributed by atoms with Crippen LogP contribution < -0.4 is 21.1 Å². The maximum Gasteiger partial charge on any atom is 0.278 e. The summed E-state index contributed by atoms with van der Waals surface area (Å²) in [7, 11) is 0.